The lowest BCUT2D eigenvalue weighted by Gasteiger charge is -2.32. The summed E-state index contributed by atoms with van der Waals surface area (Å²) in [7, 11) is 1.59. The Morgan fingerprint density at radius 3 is 2.54 bits per heavy atom. The summed E-state index contributed by atoms with van der Waals surface area (Å²) < 4.78 is 41.7. The zero-order chi connectivity index (χ0) is 18.9. The normalized spacial score (nSPS) is 16.9. The van der Waals surface area contributed by atoms with Crippen LogP contribution in [0.2, 0.25) is 0 Å². The number of hydrogen-bond donors (Lipinski definition) is 1. The molecule has 0 spiro atoms. The van der Waals surface area contributed by atoms with Gasteiger partial charge in [0.1, 0.15) is 0 Å². The molecular weight excluding hydrogens is 367 g/mol. The van der Waals surface area contributed by atoms with Crippen molar-refractivity contribution < 1.29 is 23.2 Å². The van der Waals surface area contributed by atoms with Crippen LogP contribution in [0, 0.1) is 4.77 Å². The van der Waals surface area contributed by atoms with Crippen LogP contribution < -0.4 is 10.0 Å². The number of aromatic nitrogens is 3. The molecule has 6 nitrogen and oxygen atoms in total. The van der Waals surface area contributed by atoms with Crippen LogP contribution in [0.5, 0.6) is 6.01 Å². The zero-order valence-corrected chi connectivity index (χ0v) is 15.1. The molecular formula is C16H20F3N5OS. The molecule has 10 heteroatoms. The zero-order valence-electron chi connectivity index (χ0n) is 14.3. The van der Waals surface area contributed by atoms with Gasteiger partial charge in [0, 0.05) is 26.7 Å². The molecule has 0 bridgehead atoms. The first-order chi connectivity index (χ1) is 12.2. The molecule has 1 aliphatic rings. The van der Waals surface area contributed by atoms with Gasteiger partial charge in [-0.3, -0.25) is 4.90 Å². The molecule has 1 fully saturated rings. The monoisotopic (exact) mass is 387 g/mol. The SMILES string of the molecule is Cn1c([O-])nn(C[NH+]2CCN(Cc3cccc(C(F)(F)F)c3)CC2)c1=S. The van der Waals surface area contributed by atoms with Crippen molar-refractivity contribution in [3.05, 3.63) is 40.2 Å². The minimum atomic E-state index is -4.32. The molecule has 1 aromatic heterocycles. The highest BCUT2D eigenvalue weighted by Crippen LogP contribution is 2.29. The summed E-state index contributed by atoms with van der Waals surface area (Å²) in [6.07, 6.45) is -4.32. The summed E-state index contributed by atoms with van der Waals surface area (Å²) in [5, 5.41) is 15.4. The lowest BCUT2D eigenvalue weighted by molar-refractivity contribution is -0.927. The Balaban J connectivity index is 1.56. The molecule has 0 amide bonds. The van der Waals surface area contributed by atoms with Crippen LogP contribution in [0.15, 0.2) is 24.3 Å². The summed E-state index contributed by atoms with van der Waals surface area (Å²) in [5.41, 5.74) is 0.0448. The van der Waals surface area contributed by atoms with Gasteiger partial charge >= 0.3 is 6.18 Å². The molecule has 26 heavy (non-hydrogen) atoms. The summed E-state index contributed by atoms with van der Waals surface area (Å²) in [6, 6.07) is 5.10. The van der Waals surface area contributed by atoms with Crippen LogP contribution in [0.1, 0.15) is 11.1 Å². The summed E-state index contributed by atoms with van der Waals surface area (Å²) in [5.74, 6) is 0. The van der Waals surface area contributed by atoms with Crippen LogP contribution in [0.4, 0.5) is 13.2 Å². The van der Waals surface area contributed by atoms with Gasteiger partial charge in [-0.25, -0.2) is 0 Å². The van der Waals surface area contributed by atoms with Gasteiger partial charge in [-0.05, 0) is 23.8 Å². The van der Waals surface area contributed by atoms with E-state index in [1.807, 2.05) is 0 Å². The van der Waals surface area contributed by atoms with Crippen LogP contribution in [0.25, 0.3) is 0 Å². The van der Waals surface area contributed by atoms with E-state index in [9.17, 15) is 18.3 Å². The van der Waals surface area contributed by atoms with Gasteiger partial charge in [0.2, 0.25) is 4.77 Å². The van der Waals surface area contributed by atoms with E-state index in [2.05, 4.69) is 10.00 Å². The second-order valence-corrected chi connectivity index (χ2v) is 6.87. The molecule has 0 saturated carbocycles. The van der Waals surface area contributed by atoms with Crippen molar-refractivity contribution in [1.82, 2.24) is 19.2 Å². The van der Waals surface area contributed by atoms with Gasteiger partial charge in [0.25, 0.3) is 0 Å². The van der Waals surface area contributed by atoms with Crippen molar-refractivity contribution in [2.24, 2.45) is 7.05 Å². The van der Waals surface area contributed by atoms with Crippen molar-refractivity contribution >= 4 is 12.2 Å². The maximum atomic E-state index is 12.8. The maximum absolute atomic E-state index is 12.8. The summed E-state index contributed by atoms with van der Waals surface area (Å²) in [6.45, 7) is 4.15. The topological polar surface area (TPSA) is 53.5 Å². The first-order valence-corrected chi connectivity index (χ1v) is 8.68. The molecule has 1 saturated heterocycles. The van der Waals surface area contributed by atoms with Crippen molar-refractivity contribution in [3.8, 4) is 6.01 Å². The van der Waals surface area contributed by atoms with E-state index in [0.29, 0.717) is 23.5 Å². The van der Waals surface area contributed by atoms with Gasteiger partial charge in [-0.15, -0.1) is 0 Å². The van der Waals surface area contributed by atoms with Gasteiger partial charge in [0.05, 0.1) is 24.7 Å². The minimum absolute atomic E-state index is 0.363. The van der Waals surface area contributed by atoms with E-state index in [1.54, 1.807) is 13.1 Å². The second kappa shape index (κ2) is 7.37. The molecule has 0 unspecified atom stereocenters. The number of rotatable bonds is 4. The Hall–Kier alpha value is -1.91. The fourth-order valence-corrected chi connectivity index (χ4v) is 3.26. The third kappa shape index (κ3) is 4.25. The van der Waals surface area contributed by atoms with Crippen LogP contribution in [-0.2, 0) is 26.4 Å². The van der Waals surface area contributed by atoms with Crippen LogP contribution >= 0.6 is 12.2 Å². The van der Waals surface area contributed by atoms with E-state index in [-0.39, 0.29) is 6.01 Å². The van der Waals surface area contributed by atoms with Crippen LogP contribution in [0.3, 0.4) is 0 Å². The molecule has 1 N–H and O–H groups in total. The number of benzene rings is 1. The predicted molar refractivity (Wildman–Crippen MR) is 88.9 cm³/mol. The predicted octanol–water partition coefficient (Wildman–Crippen LogP) is 0.402. The molecule has 1 aliphatic heterocycles. The number of hydrogen-bond acceptors (Lipinski definition) is 4. The number of nitrogens with one attached hydrogen (secondary N) is 1. The van der Waals surface area contributed by atoms with E-state index >= 15 is 0 Å². The molecule has 0 aliphatic carbocycles. The smallest absolute Gasteiger partial charge is 0.416 e. The Morgan fingerprint density at radius 1 is 1.27 bits per heavy atom. The van der Waals surface area contributed by atoms with Gasteiger partial charge in [0.15, 0.2) is 6.67 Å². The summed E-state index contributed by atoms with van der Waals surface area (Å²) in [4.78, 5) is 3.37. The first-order valence-electron chi connectivity index (χ1n) is 8.27. The number of piperazine rings is 1. The number of nitrogens with zero attached hydrogens (tertiary/aromatic N) is 4. The van der Waals surface area contributed by atoms with Crippen molar-refractivity contribution in [1.29, 1.82) is 0 Å². The lowest BCUT2D eigenvalue weighted by Crippen LogP contribution is -3.14. The molecule has 1 aromatic carbocycles. The number of quaternary nitrogens is 1. The minimum Gasteiger partial charge on any atom is -0.844 e. The maximum Gasteiger partial charge on any atom is 0.416 e. The average Bonchev–Trinajstić information content (AvgIpc) is 2.83. The van der Waals surface area contributed by atoms with Crippen molar-refractivity contribution in [3.63, 3.8) is 0 Å². The quantitative estimate of drug-likeness (QED) is 0.772. The fraction of sp³-hybridized carbons (Fsp3) is 0.500. The molecule has 0 radical (unpaired) electrons. The highest BCUT2D eigenvalue weighted by molar-refractivity contribution is 7.71. The number of halogens is 3. The van der Waals surface area contributed by atoms with E-state index in [4.69, 9.17) is 12.2 Å². The number of alkyl halides is 3. The van der Waals surface area contributed by atoms with Crippen LogP contribution in [-0.4, -0.2) is 45.4 Å². The lowest BCUT2D eigenvalue weighted by atomic mass is 10.1. The average molecular weight is 387 g/mol. The summed E-state index contributed by atoms with van der Waals surface area (Å²) >= 11 is 5.18. The highest BCUT2D eigenvalue weighted by atomic mass is 32.1. The first kappa shape index (κ1) is 18.9. The largest absolute Gasteiger partial charge is 0.844 e. The fourth-order valence-electron chi connectivity index (χ4n) is 3.07. The molecule has 2 aromatic rings. The van der Waals surface area contributed by atoms with Crippen molar-refractivity contribution in [2.45, 2.75) is 19.4 Å². The molecule has 3 rings (SSSR count). The Bertz CT molecular complexity index is 824. The Morgan fingerprint density at radius 2 is 1.96 bits per heavy atom. The van der Waals surface area contributed by atoms with Gasteiger partial charge < -0.3 is 14.6 Å². The van der Waals surface area contributed by atoms with Gasteiger partial charge in [-0.2, -0.15) is 23.0 Å². The van der Waals surface area contributed by atoms with E-state index < -0.39 is 11.7 Å². The third-order valence-electron chi connectivity index (χ3n) is 4.60. The highest BCUT2D eigenvalue weighted by Gasteiger charge is 2.30. The molecule has 142 valence electrons. The Labute approximate surface area is 154 Å². The van der Waals surface area contributed by atoms with Gasteiger partial charge in [-0.1, -0.05) is 18.2 Å². The standard InChI is InChI=1S/C16H20F3N5OS/c1-21-14(25)20-24(15(21)26)11-23-7-5-22(6-8-23)10-12-3-2-4-13(9-12)16(17,18)19/h2-4,9H,5-8,10-11H2,1H3,(H,20,25). The van der Waals surface area contributed by atoms with E-state index in [0.717, 1.165) is 32.2 Å². The third-order valence-corrected chi connectivity index (χ3v) is 5.08. The van der Waals surface area contributed by atoms with Crippen molar-refractivity contribution in [2.75, 3.05) is 26.2 Å². The second-order valence-electron chi connectivity index (χ2n) is 6.51. The molecule has 2 heterocycles. The Kier molecular flexibility index (Phi) is 5.35. The molecule has 0 atom stereocenters. The van der Waals surface area contributed by atoms with E-state index in [1.165, 1.54) is 26.3 Å².